The highest BCUT2D eigenvalue weighted by molar-refractivity contribution is 6.00. The molecule has 0 spiro atoms. The zero-order valence-electron chi connectivity index (χ0n) is 13.2. The van der Waals surface area contributed by atoms with Crippen molar-refractivity contribution in [3.63, 3.8) is 0 Å². The Bertz CT molecular complexity index is 721. The number of amides is 1. The molecular formula is C17H20ClFN4O. The number of carbonyl (C=O) groups is 1. The second-order valence-electron chi connectivity index (χ2n) is 6.23. The predicted molar refractivity (Wildman–Crippen MR) is 91.7 cm³/mol. The predicted octanol–water partition coefficient (Wildman–Crippen LogP) is 2.60. The van der Waals surface area contributed by atoms with Crippen molar-refractivity contribution in [1.29, 1.82) is 0 Å². The van der Waals surface area contributed by atoms with Crippen molar-refractivity contribution in [3.8, 4) is 11.3 Å². The minimum Gasteiger partial charge on any atom is -0.331 e. The Morgan fingerprint density at radius 3 is 2.83 bits per heavy atom. The van der Waals surface area contributed by atoms with E-state index < -0.39 is 0 Å². The fourth-order valence-corrected chi connectivity index (χ4v) is 3.77. The molecule has 3 heterocycles. The summed E-state index contributed by atoms with van der Waals surface area (Å²) in [6, 6.07) is 6.94. The summed E-state index contributed by atoms with van der Waals surface area (Å²) < 4.78 is 14.1. The number of H-pyrrole nitrogens is 1. The molecule has 0 saturated carbocycles. The number of aromatic amines is 1. The Labute approximate surface area is 146 Å². The third kappa shape index (κ3) is 2.80. The molecule has 2 unspecified atom stereocenters. The summed E-state index contributed by atoms with van der Waals surface area (Å²) in [6.07, 6.45) is 4.55. The van der Waals surface area contributed by atoms with E-state index in [0.29, 0.717) is 16.8 Å². The maximum atomic E-state index is 14.1. The van der Waals surface area contributed by atoms with Gasteiger partial charge in [0.2, 0.25) is 0 Å². The van der Waals surface area contributed by atoms with E-state index in [4.69, 9.17) is 0 Å². The molecule has 5 nitrogen and oxygen atoms in total. The van der Waals surface area contributed by atoms with Gasteiger partial charge in [0.15, 0.2) is 0 Å². The summed E-state index contributed by atoms with van der Waals surface area (Å²) in [5, 5.41) is 10.2. The van der Waals surface area contributed by atoms with E-state index in [1.165, 1.54) is 12.3 Å². The van der Waals surface area contributed by atoms with Crippen LogP contribution in [0.1, 0.15) is 29.6 Å². The molecule has 1 amide bonds. The summed E-state index contributed by atoms with van der Waals surface area (Å²) in [6.45, 7) is 1.77. The first kappa shape index (κ1) is 16.9. The number of aromatic nitrogens is 2. The second kappa shape index (κ2) is 6.91. The van der Waals surface area contributed by atoms with Crippen molar-refractivity contribution < 1.29 is 9.18 Å². The smallest absolute Gasteiger partial charge is 0.258 e. The lowest BCUT2D eigenvalue weighted by atomic mass is 10.1. The zero-order valence-corrected chi connectivity index (χ0v) is 14.0. The molecule has 2 fully saturated rings. The topological polar surface area (TPSA) is 61.0 Å². The normalized spacial score (nSPS) is 22.8. The number of carbonyl (C=O) groups excluding carboxylic acids is 1. The third-order valence-electron chi connectivity index (χ3n) is 4.90. The summed E-state index contributed by atoms with van der Waals surface area (Å²) >= 11 is 0. The molecule has 0 radical (unpaired) electrons. The number of hydrogen-bond donors (Lipinski definition) is 2. The van der Waals surface area contributed by atoms with Crippen molar-refractivity contribution in [3.05, 3.63) is 41.8 Å². The molecule has 2 saturated heterocycles. The van der Waals surface area contributed by atoms with Crippen molar-refractivity contribution >= 4 is 18.3 Å². The highest BCUT2D eigenvalue weighted by Gasteiger charge is 2.39. The largest absolute Gasteiger partial charge is 0.331 e. The number of fused-ring (bicyclic) bond motifs is 2. The van der Waals surface area contributed by atoms with Crippen LogP contribution in [-0.2, 0) is 0 Å². The Hall–Kier alpha value is -1.92. The summed E-state index contributed by atoms with van der Waals surface area (Å²) in [4.78, 5) is 15.1. The first-order valence-corrected chi connectivity index (χ1v) is 8.07. The van der Waals surface area contributed by atoms with Crippen LogP contribution in [0.4, 0.5) is 4.39 Å². The molecular weight excluding hydrogens is 331 g/mol. The fraction of sp³-hybridized carbons (Fsp3) is 0.412. The van der Waals surface area contributed by atoms with Crippen molar-refractivity contribution in [2.75, 3.05) is 13.1 Å². The van der Waals surface area contributed by atoms with E-state index in [1.54, 1.807) is 18.2 Å². The average Bonchev–Trinajstić information content (AvgIpc) is 3.11. The van der Waals surface area contributed by atoms with Crippen LogP contribution in [0, 0.1) is 5.82 Å². The first-order chi connectivity index (χ1) is 11.3. The van der Waals surface area contributed by atoms with Crippen LogP contribution in [0.25, 0.3) is 11.3 Å². The molecule has 2 atom stereocenters. The van der Waals surface area contributed by atoms with Crippen LogP contribution in [0.15, 0.2) is 30.5 Å². The van der Waals surface area contributed by atoms with Gasteiger partial charge in [-0.2, -0.15) is 5.10 Å². The third-order valence-corrected chi connectivity index (χ3v) is 4.90. The SMILES string of the molecule is Cl.O=C(c1cn[nH]c1-c1ccccc1F)N1C2CCNCC1CC2. The molecule has 2 bridgehead atoms. The Morgan fingerprint density at radius 1 is 1.21 bits per heavy atom. The minimum atomic E-state index is -0.355. The van der Waals surface area contributed by atoms with E-state index in [9.17, 15) is 9.18 Å². The lowest BCUT2D eigenvalue weighted by Crippen LogP contribution is -2.42. The quantitative estimate of drug-likeness (QED) is 0.875. The fourth-order valence-electron chi connectivity index (χ4n) is 3.77. The zero-order chi connectivity index (χ0) is 15.8. The number of benzene rings is 1. The molecule has 2 N–H and O–H groups in total. The summed E-state index contributed by atoms with van der Waals surface area (Å²) in [7, 11) is 0. The summed E-state index contributed by atoms with van der Waals surface area (Å²) in [5.74, 6) is -0.403. The number of nitrogens with zero attached hydrogens (tertiary/aromatic N) is 2. The Kier molecular flexibility index (Phi) is 4.87. The van der Waals surface area contributed by atoms with Crippen LogP contribution < -0.4 is 5.32 Å². The molecule has 128 valence electrons. The lowest BCUT2D eigenvalue weighted by molar-refractivity contribution is 0.0681. The van der Waals surface area contributed by atoms with Gasteiger partial charge in [-0.15, -0.1) is 12.4 Å². The molecule has 2 aliphatic rings. The van der Waals surface area contributed by atoms with Gasteiger partial charge in [0.05, 0.1) is 17.5 Å². The maximum Gasteiger partial charge on any atom is 0.258 e. The van der Waals surface area contributed by atoms with Gasteiger partial charge in [0.1, 0.15) is 5.82 Å². The van der Waals surface area contributed by atoms with Crippen LogP contribution >= 0.6 is 12.4 Å². The van der Waals surface area contributed by atoms with Crippen LogP contribution in [0.5, 0.6) is 0 Å². The van der Waals surface area contributed by atoms with Gasteiger partial charge < -0.3 is 10.2 Å². The van der Waals surface area contributed by atoms with E-state index in [-0.39, 0.29) is 36.2 Å². The molecule has 1 aromatic carbocycles. The van der Waals surface area contributed by atoms with E-state index >= 15 is 0 Å². The van der Waals surface area contributed by atoms with Gasteiger partial charge in [-0.05, 0) is 37.9 Å². The molecule has 24 heavy (non-hydrogen) atoms. The molecule has 2 aromatic rings. The monoisotopic (exact) mass is 350 g/mol. The first-order valence-electron chi connectivity index (χ1n) is 8.07. The van der Waals surface area contributed by atoms with E-state index in [0.717, 1.165) is 32.4 Å². The van der Waals surface area contributed by atoms with Gasteiger partial charge in [-0.25, -0.2) is 4.39 Å². The van der Waals surface area contributed by atoms with Gasteiger partial charge in [-0.3, -0.25) is 9.89 Å². The molecule has 2 aliphatic heterocycles. The average molecular weight is 351 g/mol. The van der Waals surface area contributed by atoms with Crippen LogP contribution in [-0.4, -0.2) is 46.2 Å². The highest BCUT2D eigenvalue weighted by Crippen LogP contribution is 2.32. The number of hydrogen-bond acceptors (Lipinski definition) is 3. The number of halogens is 2. The maximum absolute atomic E-state index is 14.1. The minimum absolute atomic E-state index is 0. The molecule has 4 rings (SSSR count). The van der Waals surface area contributed by atoms with Crippen LogP contribution in [0.3, 0.4) is 0 Å². The van der Waals surface area contributed by atoms with Crippen LogP contribution in [0.2, 0.25) is 0 Å². The van der Waals surface area contributed by atoms with E-state index in [2.05, 4.69) is 15.5 Å². The van der Waals surface area contributed by atoms with Gasteiger partial charge in [0.25, 0.3) is 5.91 Å². The second-order valence-corrected chi connectivity index (χ2v) is 6.23. The lowest BCUT2D eigenvalue weighted by Gasteiger charge is -2.27. The van der Waals surface area contributed by atoms with E-state index in [1.807, 2.05) is 4.90 Å². The van der Waals surface area contributed by atoms with Crippen molar-refractivity contribution in [2.45, 2.75) is 31.3 Å². The van der Waals surface area contributed by atoms with Crippen molar-refractivity contribution in [1.82, 2.24) is 20.4 Å². The molecule has 0 aliphatic carbocycles. The van der Waals surface area contributed by atoms with Gasteiger partial charge in [-0.1, -0.05) is 12.1 Å². The van der Waals surface area contributed by atoms with Gasteiger partial charge in [0, 0.05) is 24.2 Å². The Balaban J connectivity index is 0.00000169. The molecule has 1 aromatic heterocycles. The van der Waals surface area contributed by atoms with Gasteiger partial charge >= 0.3 is 0 Å². The van der Waals surface area contributed by atoms with Crippen molar-refractivity contribution in [2.24, 2.45) is 0 Å². The standard InChI is InChI=1S/C17H19FN4O.ClH/c18-15-4-2-1-3-13(15)16-14(10-20-21-16)17(23)22-11-5-6-12(22)9-19-8-7-11;/h1-4,10-12,19H,5-9H2,(H,20,21);1H. The number of nitrogens with one attached hydrogen (secondary N) is 2. The highest BCUT2D eigenvalue weighted by atomic mass is 35.5. The Morgan fingerprint density at radius 2 is 2.00 bits per heavy atom. The molecule has 7 heteroatoms. The number of rotatable bonds is 2. The summed E-state index contributed by atoms with van der Waals surface area (Å²) in [5.41, 5.74) is 1.30.